The number of thioether (sulfide) groups is 1. The molecule has 1 aromatic carbocycles. The van der Waals surface area contributed by atoms with E-state index in [1.165, 1.54) is 23.9 Å². The molecule has 0 saturated carbocycles. The van der Waals surface area contributed by atoms with Crippen LogP contribution in [0.4, 0.5) is 8.78 Å². The average molecular weight is 217 g/mol. The standard InChI is InChI=1S/C10H13F2NS/c1-13-4-3-7-5-8(11)6-9(14-2)10(7)12/h5-6,13H,3-4H2,1-2H3. The maximum Gasteiger partial charge on any atom is 0.140 e. The van der Waals surface area contributed by atoms with Crippen molar-refractivity contribution in [2.45, 2.75) is 11.3 Å². The summed E-state index contributed by atoms with van der Waals surface area (Å²) in [4.78, 5) is 0.371. The lowest BCUT2D eigenvalue weighted by molar-refractivity contribution is 0.558. The van der Waals surface area contributed by atoms with Crippen LogP contribution in [-0.4, -0.2) is 19.8 Å². The molecule has 0 unspecified atom stereocenters. The molecule has 1 aromatic rings. The third-order valence-corrected chi connectivity index (χ3v) is 2.68. The van der Waals surface area contributed by atoms with E-state index in [9.17, 15) is 8.78 Å². The molecule has 0 aliphatic rings. The van der Waals surface area contributed by atoms with Crippen LogP contribution in [0.25, 0.3) is 0 Å². The van der Waals surface area contributed by atoms with Gasteiger partial charge < -0.3 is 5.32 Å². The quantitative estimate of drug-likeness (QED) is 0.777. The molecule has 0 amide bonds. The van der Waals surface area contributed by atoms with E-state index in [1.807, 2.05) is 0 Å². The largest absolute Gasteiger partial charge is 0.319 e. The molecule has 0 radical (unpaired) electrons. The van der Waals surface area contributed by atoms with Gasteiger partial charge in [0.1, 0.15) is 11.6 Å². The lowest BCUT2D eigenvalue weighted by Gasteiger charge is -2.06. The zero-order valence-corrected chi connectivity index (χ0v) is 9.05. The zero-order chi connectivity index (χ0) is 10.6. The number of hydrogen-bond acceptors (Lipinski definition) is 2. The summed E-state index contributed by atoms with van der Waals surface area (Å²) in [5.74, 6) is -0.670. The number of hydrogen-bond donors (Lipinski definition) is 1. The van der Waals surface area contributed by atoms with Crippen LogP contribution in [0.15, 0.2) is 17.0 Å². The summed E-state index contributed by atoms with van der Waals surface area (Å²) >= 11 is 1.22. The highest BCUT2D eigenvalue weighted by Crippen LogP contribution is 2.23. The monoisotopic (exact) mass is 217 g/mol. The Morgan fingerprint density at radius 1 is 1.36 bits per heavy atom. The molecule has 0 heterocycles. The maximum absolute atomic E-state index is 13.6. The number of rotatable bonds is 4. The van der Waals surface area contributed by atoms with Gasteiger partial charge in [0, 0.05) is 4.90 Å². The maximum atomic E-state index is 13.6. The first-order chi connectivity index (χ1) is 6.69. The van der Waals surface area contributed by atoms with Crippen LogP contribution in [-0.2, 0) is 6.42 Å². The van der Waals surface area contributed by atoms with Gasteiger partial charge in [-0.3, -0.25) is 0 Å². The molecule has 0 bridgehead atoms. The SMILES string of the molecule is CNCCc1cc(F)cc(SC)c1F. The van der Waals surface area contributed by atoms with Crippen LogP contribution in [0.5, 0.6) is 0 Å². The fourth-order valence-electron chi connectivity index (χ4n) is 1.21. The van der Waals surface area contributed by atoms with E-state index < -0.39 is 0 Å². The number of halogens is 2. The van der Waals surface area contributed by atoms with Gasteiger partial charge >= 0.3 is 0 Å². The zero-order valence-electron chi connectivity index (χ0n) is 8.23. The molecule has 0 fully saturated rings. The predicted octanol–water partition coefficient (Wildman–Crippen LogP) is 2.45. The highest BCUT2D eigenvalue weighted by Gasteiger charge is 2.09. The van der Waals surface area contributed by atoms with Crippen molar-refractivity contribution in [1.82, 2.24) is 5.32 Å². The Hall–Kier alpha value is -0.610. The van der Waals surface area contributed by atoms with E-state index in [0.717, 1.165) is 0 Å². The van der Waals surface area contributed by atoms with Gasteiger partial charge in [-0.25, -0.2) is 8.78 Å². The van der Waals surface area contributed by atoms with E-state index in [2.05, 4.69) is 5.32 Å². The molecule has 1 nitrogen and oxygen atoms in total. The van der Waals surface area contributed by atoms with Crippen molar-refractivity contribution in [3.63, 3.8) is 0 Å². The Morgan fingerprint density at radius 3 is 2.64 bits per heavy atom. The van der Waals surface area contributed by atoms with Gasteiger partial charge in [-0.2, -0.15) is 0 Å². The molecule has 0 atom stereocenters. The molecule has 1 rings (SSSR count). The van der Waals surface area contributed by atoms with Crippen molar-refractivity contribution in [2.24, 2.45) is 0 Å². The summed E-state index contributed by atoms with van der Waals surface area (Å²) in [6.45, 7) is 0.647. The fraction of sp³-hybridized carbons (Fsp3) is 0.400. The van der Waals surface area contributed by atoms with E-state index >= 15 is 0 Å². The van der Waals surface area contributed by atoms with Crippen LogP contribution >= 0.6 is 11.8 Å². The third kappa shape index (κ3) is 2.69. The van der Waals surface area contributed by atoms with Gasteiger partial charge in [0.2, 0.25) is 0 Å². The number of likely N-dealkylation sites (N-methyl/N-ethyl adjacent to an activating group) is 1. The molecular weight excluding hydrogens is 204 g/mol. The van der Waals surface area contributed by atoms with Crippen molar-refractivity contribution in [1.29, 1.82) is 0 Å². The number of nitrogens with one attached hydrogen (secondary N) is 1. The van der Waals surface area contributed by atoms with Crippen LogP contribution in [0, 0.1) is 11.6 Å². The summed E-state index contributed by atoms with van der Waals surface area (Å²) in [5.41, 5.74) is 0.434. The summed E-state index contributed by atoms with van der Waals surface area (Å²) < 4.78 is 26.6. The van der Waals surface area contributed by atoms with Gasteiger partial charge in [0.25, 0.3) is 0 Å². The second kappa shape index (κ2) is 5.32. The first-order valence-corrected chi connectivity index (χ1v) is 5.58. The first kappa shape index (κ1) is 11.5. The minimum absolute atomic E-state index is 0.297. The molecule has 0 aliphatic carbocycles. The Morgan fingerprint density at radius 2 is 2.07 bits per heavy atom. The second-order valence-electron chi connectivity index (χ2n) is 2.93. The van der Waals surface area contributed by atoms with Gasteiger partial charge in [0.05, 0.1) is 0 Å². The van der Waals surface area contributed by atoms with Crippen LogP contribution in [0.2, 0.25) is 0 Å². The Balaban J connectivity index is 2.96. The van der Waals surface area contributed by atoms with Crippen molar-refractivity contribution in [3.8, 4) is 0 Å². The smallest absolute Gasteiger partial charge is 0.140 e. The minimum Gasteiger partial charge on any atom is -0.319 e. The normalized spacial score (nSPS) is 10.6. The molecular formula is C10H13F2NS. The van der Waals surface area contributed by atoms with Gasteiger partial charge in [-0.15, -0.1) is 11.8 Å². The Kier molecular flexibility index (Phi) is 4.35. The lowest BCUT2D eigenvalue weighted by Crippen LogP contribution is -2.11. The average Bonchev–Trinajstić information content (AvgIpc) is 2.18. The minimum atomic E-state index is -0.373. The Labute approximate surface area is 86.9 Å². The molecule has 78 valence electrons. The molecule has 14 heavy (non-hydrogen) atoms. The van der Waals surface area contributed by atoms with Gasteiger partial charge in [0.15, 0.2) is 0 Å². The van der Waals surface area contributed by atoms with Crippen molar-refractivity contribution in [2.75, 3.05) is 19.8 Å². The first-order valence-electron chi connectivity index (χ1n) is 4.35. The van der Waals surface area contributed by atoms with Crippen LogP contribution in [0.1, 0.15) is 5.56 Å². The summed E-state index contributed by atoms with van der Waals surface area (Å²) in [6, 6.07) is 2.48. The summed E-state index contributed by atoms with van der Waals surface area (Å²) in [5, 5.41) is 2.90. The summed E-state index contributed by atoms with van der Waals surface area (Å²) in [7, 11) is 1.78. The molecule has 4 heteroatoms. The highest BCUT2D eigenvalue weighted by molar-refractivity contribution is 7.98. The molecule has 0 spiro atoms. The highest BCUT2D eigenvalue weighted by atomic mass is 32.2. The van der Waals surface area contributed by atoms with Crippen molar-refractivity contribution < 1.29 is 8.78 Å². The third-order valence-electron chi connectivity index (χ3n) is 1.94. The van der Waals surface area contributed by atoms with Crippen molar-refractivity contribution >= 4 is 11.8 Å². The van der Waals surface area contributed by atoms with E-state index in [0.29, 0.717) is 23.4 Å². The fourth-order valence-corrected chi connectivity index (χ4v) is 1.75. The molecule has 0 aromatic heterocycles. The van der Waals surface area contributed by atoms with E-state index in [-0.39, 0.29) is 11.6 Å². The van der Waals surface area contributed by atoms with Crippen molar-refractivity contribution in [3.05, 3.63) is 29.3 Å². The van der Waals surface area contributed by atoms with E-state index in [1.54, 1.807) is 13.3 Å². The lowest BCUT2D eigenvalue weighted by atomic mass is 10.1. The van der Waals surface area contributed by atoms with Crippen LogP contribution < -0.4 is 5.32 Å². The summed E-state index contributed by atoms with van der Waals surface area (Å²) in [6.07, 6.45) is 2.24. The topological polar surface area (TPSA) is 12.0 Å². The van der Waals surface area contributed by atoms with Gasteiger partial charge in [-0.1, -0.05) is 0 Å². The molecule has 0 saturated heterocycles. The van der Waals surface area contributed by atoms with Gasteiger partial charge in [-0.05, 0) is 44.0 Å². The predicted molar refractivity (Wildman–Crippen MR) is 55.8 cm³/mol. The molecule has 1 N–H and O–H groups in total. The Bertz CT molecular complexity index is 315. The van der Waals surface area contributed by atoms with Crippen LogP contribution in [0.3, 0.4) is 0 Å². The van der Waals surface area contributed by atoms with E-state index in [4.69, 9.17) is 0 Å². The molecule has 0 aliphatic heterocycles. The number of benzene rings is 1. The second-order valence-corrected chi connectivity index (χ2v) is 3.78.